The Morgan fingerprint density at radius 2 is 1.73 bits per heavy atom. The molecule has 0 aliphatic carbocycles. The normalized spacial score (nSPS) is 14.6. The predicted octanol–water partition coefficient (Wildman–Crippen LogP) is 1.18. The molecule has 138 valence electrons. The van der Waals surface area contributed by atoms with Crippen LogP contribution in [0.3, 0.4) is 0 Å². The van der Waals surface area contributed by atoms with Crippen LogP contribution in [-0.2, 0) is 6.42 Å². The maximum atomic E-state index is 11.9. The van der Waals surface area contributed by atoms with Crippen molar-refractivity contribution in [2.45, 2.75) is 34.1 Å². The number of aromatic nitrogens is 4. The molecule has 26 heavy (non-hydrogen) atoms. The second-order valence-electron chi connectivity index (χ2n) is 6.57. The molecule has 0 aromatic carbocycles. The van der Waals surface area contributed by atoms with Crippen molar-refractivity contribution in [1.29, 1.82) is 0 Å². The van der Waals surface area contributed by atoms with E-state index in [0.717, 1.165) is 61.2 Å². The summed E-state index contributed by atoms with van der Waals surface area (Å²) in [5.41, 5.74) is 8.64. The summed E-state index contributed by atoms with van der Waals surface area (Å²) in [5.74, 6) is 1.86. The van der Waals surface area contributed by atoms with E-state index >= 15 is 0 Å². The smallest absolute Gasteiger partial charge is 0.252 e. The van der Waals surface area contributed by atoms with Crippen LogP contribution in [0.5, 0.6) is 0 Å². The van der Waals surface area contributed by atoms with Crippen molar-refractivity contribution in [3.8, 4) is 0 Å². The van der Waals surface area contributed by atoms with Crippen LogP contribution in [-0.4, -0.2) is 52.3 Å². The molecule has 2 N–H and O–H groups in total. The maximum absolute atomic E-state index is 11.9. The van der Waals surface area contributed by atoms with E-state index in [1.807, 2.05) is 26.8 Å². The number of piperazine rings is 1. The van der Waals surface area contributed by atoms with Crippen LogP contribution in [0, 0.1) is 20.8 Å². The highest BCUT2D eigenvalue weighted by Gasteiger charge is 2.25. The van der Waals surface area contributed by atoms with E-state index in [4.69, 9.17) is 5.73 Å². The number of nitrogens with two attached hydrogens (primary N) is 1. The number of rotatable bonds is 4. The third kappa shape index (κ3) is 3.44. The van der Waals surface area contributed by atoms with Crippen molar-refractivity contribution in [3.63, 3.8) is 0 Å². The standard InChI is InChI=1S/C18H25N7O/c1-5-14-10-15(21-13(4)20-14)24-6-8-25(9-7-24)18-16(17(19)26)11(2)12(3)22-23-18/h10H,5-9H2,1-4H3,(H2,19,26). The molecular formula is C18H25N7O. The minimum absolute atomic E-state index is 0.461. The van der Waals surface area contributed by atoms with Crippen molar-refractivity contribution < 1.29 is 4.79 Å². The maximum Gasteiger partial charge on any atom is 0.252 e. The Morgan fingerprint density at radius 3 is 2.35 bits per heavy atom. The van der Waals surface area contributed by atoms with Crippen molar-refractivity contribution >= 4 is 17.5 Å². The third-order valence-corrected chi connectivity index (χ3v) is 4.83. The number of hydrogen-bond acceptors (Lipinski definition) is 7. The van der Waals surface area contributed by atoms with Gasteiger partial charge < -0.3 is 15.5 Å². The van der Waals surface area contributed by atoms with Gasteiger partial charge in [0.05, 0.1) is 11.3 Å². The van der Waals surface area contributed by atoms with E-state index in [0.29, 0.717) is 11.4 Å². The number of nitrogens with zero attached hydrogens (tertiary/aromatic N) is 6. The van der Waals surface area contributed by atoms with E-state index in [-0.39, 0.29) is 0 Å². The predicted molar refractivity (Wildman–Crippen MR) is 101 cm³/mol. The van der Waals surface area contributed by atoms with Gasteiger partial charge in [-0.15, -0.1) is 5.10 Å². The molecule has 0 unspecified atom stereocenters. The molecule has 8 nitrogen and oxygen atoms in total. The fourth-order valence-corrected chi connectivity index (χ4v) is 3.21. The lowest BCUT2D eigenvalue weighted by Crippen LogP contribution is -2.48. The van der Waals surface area contributed by atoms with Crippen LogP contribution in [0.25, 0.3) is 0 Å². The first-order chi connectivity index (χ1) is 12.4. The number of anilines is 2. The van der Waals surface area contributed by atoms with Gasteiger partial charge in [-0.25, -0.2) is 9.97 Å². The first-order valence-corrected chi connectivity index (χ1v) is 8.88. The zero-order valence-corrected chi connectivity index (χ0v) is 15.8. The van der Waals surface area contributed by atoms with Gasteiger partial charge in [0.1, 0.15) is 11.6 Å². The molecular weight excluding hydrogens is 330 g/mol. The number of primary amides is 1. The van der Waals surface area contributed by atoms with Crippen LogP contribution >= 0.6 is 0 Å². The highest BCUT2D eigenvalue weighted by atomic mass is 16.1. The van der Waals surface area contributed by atoms with Gasteiger partial charge in [0.25, 0.3) is 5.91 Å². The first-order valence-electron chi connectivity index (χ1n) is 8.88. The monoisotopic (exact) mass is 355 g/mol. The van der Waals surface area contributed by atoms with E-state index in [9.17, 15) is 4.79 Å². The zero-order chi connectivity index (χ0) is 18.8. The molecule has 3 rings (SSSR count). The summed E-state index contributed by atoms with van der Waals surface area (Å²) < 4.78 is 0. The lowest BCUT2D eigenvalue weighted by molar-refractivity contribution is 0.0999. The van der Waals surface area contributed by atoms with Gasteiger partial charge in [0.2, 0.25) is 0 Å². The Labute approximate surface area is 153 Å². The van der Waals surface area contributed by atoms with E-state index in [1.54, 1.807) is 0 Å². The highest BCUT2D eigenvalue weighted by Crippen LogP contribution is 2.24. The molecule has 0 saturated carbocycles. The molecule has 0 atom stereocenters. The Kier molecular flexibility index (Phi) is 5.01. The van der Waals surface area contributed by atoms with Crippen LogP contribution < -0.4 is 15.5 Å². The highest BCUT2D eigenvalue weighted by molar-refractivity contribution is 5.99. The van der Waals surface area contributed by atoms with E-state index in [2.05, 4.69) is 36.9 Å². The summed E-state index contributed by atoms with van der Waals surface area (Å²) in [5, 5.41) is 8.43. The number of carbonyl (C=O) groups is 1. The van der Waals surface area contributed by atoms with E-state index in [1.165, 1.54) is 0 Å². The van der Waals surface area contributed by atoms with Crippen molar-refractivity contribution in [1.82, 2.24) is 20.2 Å². The third-order valence-electron chi connectivity index (χ3n) is 4.83. The first kappa shape index (κ1) is 18.0. The fourth-order valence-electron chi connectivity index (χ4n) is 3.21. The van der Waals surface area contributed by atoms with Crippen LogP contribution in [0.2, 0.25) is 0 Å². The SMILES string of the molecule is CCc1cc(N2CCN(c3nnc(C)c(C)c3C(N)=O)CC2)nc(C)n1. The van der Waals surface area contributed by atoms with E-state index < -0.39 is 5.91 Å². The lowest BCUT2D eigenvalue weighted by atomic mass is 10.1. The molecule has 0 spiro atoms. The lowest BCUT2D eigenvalue weighted by Gasteiger charge is -2.36. The minimum atomic E-state index is -0.461. The Hall–Kier alpha value is -2.77. The fraction of sp³-hybridized carbons (Fsp3) is 0.500. The zero-order valence-electron chi connectivity index (χ0n) is 15.8. The molecule has 1 aliphatic rings. The Bertz CT molecular complexity index is 829. The molecule has 1 amide bonds. The van der Waals surface area contributed by atoms with Gasteiger partial charge in [-0.05, 0) is 32.8 Å². The molecule has 0 bridgehead atoms. The largest absolute Gasteiger partial charge is 0.365 e. The molecule has 0 radical (unpaired) electrons. The number of hydrogen-bond donors (Lipinski definition) is 1. The molecule has 2 aromatic rings. The summed E-state index contributed by atoms with van der Waals surface area (Å²) in [6, 6.07) is 2.05. The molecule has 1 aliphatic heterocycles. The average Bonchev–Trinajstić information content (AvgIpc) is 2.63. The van der Waals surface area contributed by atoms with Crippen LogP contribution in [0.1, 0.15) is 40.1 Å². The summed E-state index contributed by atoms with van der Waals surface area (Å²) in [4.78, 5) is 25.3. The Balaban J connectivity index is 1.80. The van der Waals surface area contributed by atoms with Crippen molar-refractivity contribution in [3.05, 3.63) is 34.4 Å². The molecule has 1 saturated heterocycles. The second kappa shape index (κ2) is 7.23. The summed E-state index contributed by atoms with van der Waals surface area (Å²) in [6.45, 7) is 10.7. The Morgan fingerprint density at radius 1 is 1.08 bits per heavy atom. The number of carbonyl (C=O) groups excluding carboxylic acids is 1. The van der Waals surface area contributed by atoms with Crippen LogP contribution in [0.15, 0.2) is 6.07 Å². The van der Waals surface area contributed by atoms with Crippen molar-refractivity contribution in [2.24, 2.45) is 5.73 Å². The van der Waals surface area contributed by atoms with Crippen molar-refractivity contribution in [2.75, 3.05) is 36.0 Å². The van der Waals surface area contributed by atoms with Gasteiger partial charge in [0.15, 0.2) is 5.82 Å². The number of aryl methyl sites for hydroxylation is 3. The van der Waals surface area contributed by atoms with Gasteiger partial charge in [-0.1, -0.05) is 6.92 Å². The van der Waals surface area contributed by atoms with Crippen LogP contribution in [0.4, 0.5) is 11.6 Å². The molecule has 1 fully saturated rings. The summed E-state index contributed by atoms with van der Waals surface area (Å²) >= 11 is 0. The number of amides is 1. The van der Waals surface area contributed by atoms with Gasteiger partial charge in [0, 0.05) is 37.9 Å². The quantitative estimate of drug-likeness (QED) is 0.878. The summed E-state index contributed by atoms with van der Waals surface area (Å²) in [6.07, 6.45) is 0.885. The van der Waals surface area contributed by atoms with Gasteiger partial charge in [-0.3, -0.25) is 4.79 Å². The topological polar surface area (TPSA) is 101 Å². The minimum Gasteiger partial charge on any atom is -0.365 e. The second-order valence-corrected chi connectivity index (χ2v) is 6.57. The molecule has 8 heteroatoms. The van der Waals surface area contributed by atoms with Gasteiger partial charge >= 0.3 is 0 Å². The average molecular weight is 355 g/mol. The molecule has 2 aromatic heterocycles. The molecule has 3 heterocycles. The summed E-state index contributed by atoms with van der Waals surface area (Å²) in [7, 11) is 0. The van der Waals surface area contributed by atoms with Gasteiger partial charge in [-0.2, -0.15) is 5.10 Å².